The average Bonchev–Trinajstić information content (AvgIpc) is 2.57. The minimum absolute atomic E-state index is 0. The third kappa shape index (κ3) is 3.14. The first-order chi connectivity index (χ1) is 10.7. The van der Waals surface area contributed by atoms with Gasteiger partial charge in [-0.3, -0.25) is 4.79 Å². The van der Waals surface area contributed by atoms with Crippen LogP contribution in [-0.2, 0) is 4.79 Å². The second kappa shape index (κ2) is 6.89. The van der Waals surface area contributed by atoms with Crippen molar-refractivity contribution in [1.29, 1.82) is 0 Å². The van der Waals surface area contributed by atoms with Gasteiger partial charge in [0, 0.05) is 12.5 Å². The number of nitrogens with zero attached hydrogens (tertiary/aromatic N) is 1. The van der Waals surface area contributed by atoms with Gasteiger partial charge in [-0.2, -0.15) is 0 Å². The first kappa shape index (κ1) is 17.5. The first-order valence-electron chi connectivity index (χ1n) is 9.40. The van der Waals surface area contributed by atoms with E-state index in [-0.39, 0.29) is 24.2 Å². The van der Waals surface area contributed by atoms with Gasteiger partial charge in [0.05, 0.1) is 0 Å². The molecule has 0 radical (unpaired) electrons. The van der Waals surface area contributed by atoms with E-state index in [2.05, 4.69) is 10.2 Å². The maximum Gasteiger partial charge on any atom is 0.220 e. The molecule has 4 saturated heterocycles. The minimum atomic E-state index is -0.0665. The number of hydrogen-bond acceptors (Lipinski definition) is 3. The third-order valence-corrected chi connectivity index (χ3v) is 7.56. The van der Waals surface area contributed by atoms with Crippen LogP contribution in [0.3, 0.4) is 0 Å². The molecule has 1 unspecified atom stereocenters. The summed E-state index contributed by atoms with van der Waals surface area (Å²) in [5.74, 6) is 2.75. The second-order valence-corrected chi connectivity index (χ2v) is 8.40. The fourth-order valence-electron chi connectivity index (χ4n) is 6.17. The van der Waals surface area contributed by atoms with Gasteiger partial charge < -0.3 is 16.0 Å². The highest BCUT2D eigenvalue weighted by Crippen LogP contribution is 2.53. The fourth-order valence-corrected chi connectivity index (χ4v) is 6.17. The van der Waals surface area contributed by atoms with E-state index < -0.39 is 0 Å². The summed E-state index contributed by atoms with van der Waals surface area (Å²) in [6, 6.07) is 0. The van der Waals surface area contributed by atoms with E-state index in [9.17, 15) is 4.79 Å². The van der Waals surface area contributed by atoms with Crippen LogP contribution >= 0.6 is 12.4 Å². The molecule has 1 amide bonds. The smallest absolute Gasteiger partial charge is 0.220 e. The molecule has 5 aliphatic rings. The van der Waals surface area contributed by atoms with Gasteiger partial charge in [-0.05, 0) is 94.3 Å². The summed E-state index contributed by atoms with van der Waals surface area (Å²) in [5, 5.41) is 3.69. The van der Waals surface area contributed by atoms with E-state index in [4.69, 9.17) is 5.73 Å². The molecule has 5 rings (SSSR count). The first-order valence-corrected chi connectivity index (χ1v) is 9.40. The highest BCUT2D eigenvalue weighted by atomic mass is 35.5. The van der Waals surface area contributed by atoms with Crippen molar-refractivity contribution in [2.24, 2.45) is 34.8 Å². The molecule has 5 fully saturated rings. The molecule has 2 bridgehead atoms. The largest absolute Gasteiger partial charge is 0.369 e. The molecule has 0 aromatic rings. The number of carbonyl (C=O) groups is 1. The summed E-state index contributed by atoms with van der Waals surface area (Å²) >= 11 is 0. The average molecular weight is 342 g/mol. The minimum Gasteiger partial charge on any atom is -0.369 e. The Bertz CT molecular complexity index is 428. The molecular formula is C18H32ClN3O. The topological polar surface area (TPSA) is 58.4 Å². The summed E-state index contributed by atoms with van der Waals surface area (Å²) in [7, 11) is 0. The molecule has 23 heavy (non-hydrogen) atoms. The number of halogens is 1. The standard InChI is InChI=1S/C18H31N3O.ClH/c19-17(22)14-1-5-18(6-2-14)7-8-20-11-16(18)15-12-21-9-3-13(15)4-10-21;/h13-16,20H,1-12H2,(H2,19,22);1H/t14?,15-,16?,18?;/m1./s1. The van der Waals surface area contributed by atoms with Gasteiger partial charge in [0.25, 0.3) is 0 Å². The molecule has 1 saturated carbocycles. The van der Waals surface area contributed by atoms with Gasteiger partial charge in [0.15, 0.2) is 0 Å². The molecule has 3 N–H and O–H groups in total. The van der Waals surface area contributed by atoms with Crippen LogP contribution < -0.4 is 11.1 Å². The van der Waals surface area contributed by atoms with Crippen LogP contribution in [0, 0.1) is 29.1 Å². The number of carbonyl (C=O) groups excluding carboxylic acids is 1. The van der Waals surface area contributed by atoms with E-state index in [0.29, 0.717) is 5.41 Å². The number of hydrogen-bond donors (Lipinski definition) is 2. The van der Waals surface area contributed by atoms with Crippen LogP contribution in [0.5, 0.6) is 0 Å². The van der Waals surface area contributed by atoms with Crippen LogP contribution in [0.15, 0.2) is 0 Å². The van der Waals surface area contributed by atoms with Crippen molar-refractivity contribution in [2.75, 3.05) is 32.7 Å². The van der Waals surface area contributed by atoms with Crippen LogP contribution in [0.25, 0.3) is 0 Å². The van der Waals surface area contributed by atoms with Gasteiger partial charge in [-0.1, -0.05) is 0 Å². The Morgan fingerprint density at radius 3 is 2.35 bits per heavy atom. The number of amides is 1. The van der Waals surface area contributed by atoms with Gasteiger partial charge in [-0.25, -0.2) is 0 Å². The molecule has 132 valence electrons. The van der Waals surface area contributed by atoms with Gasteiger partial charge in [0.1, 0.15) is 0 Å². The van der Waals surface area contributed by atoms with Crippen molar-refractivity contribution in [2.45, 2.75) is 44.9 Å². The van der Waals surface area contributed by atoms with Crippen LogP contribution in [0.1, 0.15) is 44.9 Å². The highest BCUT2D eigenvalue weighted by Gasteiger charge is 2.50. The van der Waals surface area contributed by atoms with Crippen molar-refractivity contribution in [3.63, 3.8) is 0 Å². The van der Waals surface area contributed by atoms with E-state index in [1.54, 1.807) is 0 Å². The van der Waals surface area contributed by atoms with Gasteiger partial charge in [-0.15, -0.1) is 12.4 Å². The second-order valence-electron chi connectivity index (χ2n) is 8.40. The quantitative estimate of drug-likeness (QED) is 0.808. The zero-order chi connectivity index (χ0) is 15.2. The number of nitrogens with one attached hydrogen (secondary N) is 1. The summed E-state index contributed by atoms with van der Waals surface area (Å²) < 4.78 is 0. The van der Waals surface area contributed by atoms with Crippen LogP contribution in [0.2, 0.25) is 0 Å². The molecule has 4 aliphatic heterocycles. The molecule has 1 spiro atoms. The summed E-state index contributed by atoms with van der Waals surface area (Å²) in [6.45, 7) is 6.36. The predicted molar refractivity (Wildman–Crippen MR) is 94.5 cm³/mol. The molecule has 4 heterocycles. The van der Waals surface area contributed by atoms with Gasteiger partial charge >= 0.3 is 0 Å². The Morgan fingerprint density at radius 1 is 1.09 bits per heavy atom. The molecular weight excluding hydrogens is 310 g/mol. The Morgan fingerprint density at radius 2 is 1.78 bits per heavy atom. The normalized spacial score (nSPS) is 46.3. The van der Waals surface area contributed by atoms with Crippen molar-refractivity contribution >= 4 is 18.3 Å². The molecule has 4 nitrogen and oxygen atoms in total. The van der Waals surface area contributed by atoms with Gasteiger partial charge in [0.2, 0.25) is 5.91 Å². The van der Waals surface area contributed by atoms with E-state index in [1.807, 2.05) is 0 Å². The summed E-state index contributed by atoms with van der Waals surface area (Å²) in [6.07, 6.45) is 8.68. The number of rotatable bonds is 2. The zero-order valence-corrected chi connectivity index (χ0v) is 15.0. The third-order valence-electron chi connectivity index (χ3n) is 7.56. The monoisotopic (exact) mass is 341 g/mol. The van der Waals surface area contributed by atoms with Crippen molar-refractivity contribution in [3.8, 4) is 0 Å². The van der Waals surface area contributed by atoms with E-state index in [1.165, 1.54) is 64.8 Å². The number of primary amides is 1. The Hall–Kier alpha value is -0.320. The number of fused-ring (bicyclic) bond motifs is 3. The van der Waals surface area contributed by atoms with E-state index in [0.717, 1.165) is 30.6 Å². The van der Waals surface area contributed by atoms with Crippen molar-refractivity contribution in [3.05, 3.63) is 0 Å². The SMILES string of the molecule is Cl.NC(=O)C1CCC2(CCNCC2[C@@H]2CN3CCC2CC3)CC1. The molecule has 0 aromatic carbocycles. The van der Waals surface area contributed by atoms with Crippen molar-refractivity contribution in [1.82, 2.24) is 10.2 Å². The zero-order valence-electron chi connectivity index (χ0n) is 14.1. The maximum absolute atomic E-state index is 11.5. The summed E-state index contributed by atoms with van der Waals surface area (Å²) in [5.41, 5.74) is 6.05. The Balaban J connectivity index is 0.00000156. The maximum atomic E-state index is 11.5. The molecule has 2 atom stereocenters. The van der Waals surface area contributed by atoms with Crippen LogP contribution in [0.4, 0.5) is 0 Å². The number of nitrogens with two attached hydrogens (primary N) is 1. The lowest BCUT2D eigenvalue weighted by Gasteiger charge is -2.56. The Labute approximate surface area is 146 Å². The summed E-state index contributed by atoms with van der Waals surface area (Å²) in [4.78, 5) is 14.2. The lowest BCUT2D eigenvalue weighted by molar-refractivity contribution is -0.125. The fraction of sp³-hybridized carbons (Fsp3) is 0.944. The lowest BCUT2D eigenvalue weighted by atomic mass is 9.54. The Kier molecular flexibility index (Phi) is 5.24. The highest BCUT2D eigenvalue weighted by molar-refractivity contribution is 5.85. The predicted octanol–water partition coefficient (Wildman–Crippen LogP) is 2.02. The lowest BCUT2D eigenvalue weighted by Crippen LogP contribution is -2.58. The number of piperidine rings is 4. The molecule has 1 aliphatic carbocycles. The van der Waals surface area contributed by atoms with Crippen molar-refractivity contribution < 1.29 is 4.79 Å². The van der Waals surface area contributed by atoms with E-state index >= 15 is 0 Å². The van der Waals surface area contributed by atoms with Crippen LogP contribution in [-0.4, -0.2) is 43.5 Å². The molecule has 5 heteroatoms. The molecule has 0 aromatic heterocycles.